The van der Waals surface area contributed by atoms with E-state index in [0.29, 0.717) is 18.1 Å². The SMILES string of the molecule is CCOC(=O)Nc1nc2c(-c3ccccn3)cc(-c3cc(C)n(CC4CCCN4CC)c(=O)c3)cc2[nH]1. The molecule has 1 atom stereocenters. The zero-order valence-electron chi connectivity index (χ0n) is 21.5. The minimum absolute atomic E-state index is 0.00767. The van der Waals surface area contributed by atoms with Gasteiger partial charge in [0.15, 0.2) is 0 Å². The number of anilines is 1. The van der Waals surface area contributed by atoms with Crippen LogP contribution in [0, 0.1) is 6.92 Å². The van der Waals surface area contributed by atoms with Crippen LogP contribution in [0.15, 0.2) is 53.5 Å². The molecule has 2 N–H and O–H groups in total. The zero-order valence-corrected chi connectivity index (χ0v) is 21.5. The molecule has 1 aliphatic rings. The van der Waals surface area contributed by atoms with Gasteiger partial charge in [0.05, 0.1) is 23.3 Å². The van der Waals surface area contributed by atoms with Gasteiger partial charge in [0, 0.05) is 36.1 Å². The van der Waals surface area contributed by atoms with E-state index >= 15 is 0 Å². The molecule has 0 aliphatic carbocycles. The number of aromatic nitrogens is 4. The van der Waals surface area contributed by atoms with Crippen LogP contribution in [0.5, 0.6) is 0 Å². The Balaban J connectivity index is 1.56. The number of amides is 1. The summed E-state index contributed by atoms with van der Waals surface area (Å²) in [5, 5.41) is 2.63. The Labute approximate surface area is 215 Å². The molecule has 1 fully saturated rings. The van der Waals surface area contributed by atoms with Crippen LogP contribution in [0.3, 0.4) is 0 Å². The molecule has 3 aromatic heterocycles. The summed E-state index contributed by atoms with van der Waals surface area (Å²) in [6, 6.07) is 13.8. The third-order valence-electron chi connectivity index (χ3n) is 6.99. The van der Waals surface area contributed by atoms with E-state index in [4.69, 9.17) is 4.74 Å². The van der Waals surface area contributed by atoms with Crippen LogP contribution in [-0.2, 0) is 11.3 Å². The summed E-state index contributed by atoms with van der Waals surface area (Å²) < 4.78 is 6.87. The number of likely N-dealkylation sites (tertiary alicyclic amines) is 1. The monoisotopic (exact) mass is 500 g/mol. The van der Waals surface area contributed by atoms with Crippen molar-refractivity contribution in [1.82, 2.24) is 24.4 Å². The zero-order chi connectivity index (χ0) is 25.9. The molecular formula is C28H32N6O3. The van der Waals surface area contributed by atoms with Crippen LogP contribution < -0.4 is 10.9 Å². The molecule has 5 rings (SSSR count). The highest BCUT2D eigenvalue weighted by Crippen LogP contribution is 2.33. The Bertz CT molecular complexity index is 1480. The molecule has 9 nitrogen and oxygen atoms in total. The van der Waals surface area contributed by atoms with Gasteiger partial charge in [-0.15, -0.1) is 0 Å². The van der Waals surface area contributed by atoms with E-state index in [0.717, 1.165) is 53.1 Å². The van der Waals surface area contributed by atoms with Crippen molar-refractivity contribution in [3.63, 3.8) is 0 Å². The lowest BCUT2D eigenvalue weighted by Crippen LogP contribution is -2.36. The number of ether oxygens (including phenoxy) is 1. The second-order valence-electron chi connectivity index (χ2n) is 9.32. The van der Waals surface area contributed by atoms with E-state index in [2.05, 4.69) is 38.2 Å². The third-order valence-corrected chi connectivity index (χ3v) is 6.99. The normalized spacial score (nSPS) is 15.8. The minimum Gasteiger partial charge on any atom is -0.450 e. The molecule has 192 valence electrons. The first kappa shape index (κ1) is 24.7. The van der Waals surface area contributed by atoms with E-state index < -0.39 is 6.09 Å². The Morgan fingerprint density at radius 2 is 2.03 bits per heavy atom. The third kappa shape index (κ3) is 5.13. The van der Waals surface area contributed by atoms with Gasteiger partial charge in [0.25, 0.3) is 5.56 Å². The average molecular weight is 501 g/mol. The fourth-order valence-electron chi connectivity index (χ4n) is 5.18. The number of hydrogen-bond acceptors (Lipinski definition) is 6. The van der Waals surface area contributed by atoms with E-state index in [1.54, 1.807) is 19.2 Å². The second kappa shape index (κ2) is 10.6. The molecule has 0 spiro atoms. The molecule has 0 bridgehead atoms. The van der Waals surface area contributed by atoms with Crippen LogP contribution in [0.2, 0.25) is 0 Å². The summed E-state index contributed by atoms with van der Waals surface area (Å²) >= 11 is 0. The smallest absolute Gasteiger partial charge is 0.413 e. The molecule has 0 radical (unpaired) electrons. The fraction of sp³-hybridized carbons (Fsp3) is 0.357. The second-order valence-corrected chi connectivity index (χ2v) is 9.32. The number of aryl methyl sites for hydroxylation is 1. The molecule has 1 unspecified atom stereocenters. The van der Waals surface area contributed by atoms with Gasteiger partial charge in [-0.3, -0.25) is 20.0 Å². The molecule has 1 aliphatic heterocycles. The maximum absolute atomic E-state index is 13.3. The molecule has 1 amide bonds. The quantitative estimate of drug-likeness (QED) is 0.377. The number of benzene rings is 1. The molecule has 1 saturated heterocycles. The number of aromatic amines is 1. The maximum Gasteiger partial charge on any atom is 0.413 e. The van der Waals surface area contributed by atoms with Gasteiger partial charge in [0.1, 0.15) is 0 Å². The van der Waals surface area contributed by atoms with E-state index in [-0.39, 0.29) is 18.1 Å². The lowest BCUT2D eigenvalue weighted by Gasteiger charge is -2.24. The highest BCUT2D eigenvalue weighted by atomic mass is 16.5. The van der Waals surface area contributed by atoms with Crippen molar-refractivity contribution in [3.05, 3.63) is 64.7 Å². The molecular weight excluding hydrogens is 468 g/mol. The van der Waals surface area contributed by atoms with E-state index in [1.165, 1.54) is 6.42 Å². The average Bonchev–Trinajstić information content (AvgIpc) is 3.52. The van der Waals surface area contributed by atoms with Crippen molar-refractivity contribution >= 4 is 23.1 Å². The number of pyridine rings is 2. The van der Waals surface area contributed by atoms with Crippen LogP contribution in [0.1, 0.15) is 32.4 Å². The molecule has 1 aromatic carbocycles. The van der Waals surface area contributed by atoms with Crippen molar-refractivity contribution in [1.29, 1.82) is 0 Å². The maximum atomic E-state index is 13.3. The number of carbonyl (C=O) groups excluding carboxylic acids is 1. The van der Waals surface area contributed by atoms with Crippen LogP contribution >= 0.6 is 0 Å². The Morgan fingerprint density at radius 3 is 2.76 bits per heavy atom. The van der Waals surface area contributed by atoms with Crippen molar-refractivity contribution in [3.8, 4) is 22.4 Å². The lowest BCUT2D eigenvalue weighted by molar-refractivity contribution is 0.167. The minimum atomic E-state index is -0.579. The van der Waals surface area contributed by atoms with Crippen molar-refractivity contribution in [2.24, 2.45) is 0 Å². The summed E-state index contributed by atoms with van der Waals surface area (Å²) in [5.41, 5.74) is 5.54. The van der Waals surface area contributed by atoms with Gasteiger partial charge in [-0.05, 0) is 81.2 Å². The van der Waals surface area contributed by atoms with Gasteiger partial charge in [-0.25, -0.2) is 9.78 Å². The molecule has 9 heteroatoms. The number of imidazole rings is 1. The van der Waals surface area contributed by atoms with Gasteiger partial charge >= 0.3 is 6.09 Å². The summed E-state index contributed by atoms with van der Waals surface area (Å²) in [6.45, 7) is 8.98. The predicted molar refractivity (Wildman–Crippen MR) is 145 cm³/mol. The van der Waals surface area contributed by atoms with Gasteiger partial charge in [-0.1, -0.05) is 13.0 Å². The topological polar surface area (TPSA) is 105 Å². The van der Waals surface area contributed by atoms with Crippen molar-refractivity contribution in [2.45, 2.75) is 46.2 Å². The Kier molecular flexibility index (Phi) is 7.05. The first-order valence-corrected chi connectivity index (χ1v) is 12.8. The largest absolute Gasteiger partial charge is 0.450 e. The van der Waals surface area contributed by atoms with E-state index in [9.17, 15) is 9.59 Å². The van der Waals surface area contributed by atoms with Crippen molar-refractivity contribution in [2.75, 3.05) is 25.0 Å². The van der Waals surface area contributed by atoms with Gasteiger partial charge < -0.3 is 14.3 Å². The number of carbonyl (C=O) groups is 1. The summed E-state index contributed by atoms with van der Waals surface area (Å²) in [6.07, 6.45) is 3.45. The molecule has 4 aromatic rings. The fourth-order valence-corrected chi connectivity index (χ4v) is 5.18. The lowest BCUT2D eigenvalue weighted by atomic mass is 9.99. The van der Waals surface area contributed by atoms with Gasteiger partial charge in [-0.2, -0.15) is 0 Å². The van der Waals surface area contributed by atoms with Crippen LogP contribution in [0.25, 0.3) is 33.4 Å². The first-order chi connectivity index (χ1) is 18.0. The predicted octanol–water partition coefficient (Wildman–Crippen LogP) is 4.81. The van der Waals surface area contributed by atoms with E-state index in [1.807, 2.05) is 41.8 Å². The number of hydrogen-bond donors (Lipinski definition) is 2. The number of H-pyrrole nitrogens is 1. The number of fused-ring (bicyclic) bond motifs is 1. The first-order valence-electron chi connectivity index (χ1n) is 12.8. The summed E-state index contributed by atoms with van der Waals surface area (Å²) in [7, 11) is 0. The number of likely N-dealkylation sites (N-methyl/N-ethyl adjacent to an activating group) is 1. The Morgan fingerprint density at radius 1 is 1.19 bits per heavy atom. The number of rotatable bonds is 7. The highest BCUT2D eigenvalue weighted by Gasteiger charge is 2.24. The number of nitrogens with one attached hydrogen (secondary N) is 2. The molecule has 4 heterocycles. The van der Waals surface area contributed by atoms with Gasteiger partial charge in [0.2, 0.25) is 5.95 Å². The summed E-state index contributed by atoms with van der Waals surface area (Å²) in [5.74, 6) is 0.284. The number of nitrogens with zero attached hydrogens (tertiary/aromatic N) is 4. The molecule has 0 saturated carbocycles. The Hall–Kier alpha value is -3.98. The standard InChI is InChI=1S/C28H32N6O3/c1-4-33-12-8-9-21(33)17-34-18(3)13-19(16-25(34)35)20-14-22(23-10-6-7-11-29-23)26-24(15-20)30-27(31-26)32-28(36)37-5-2/h6-7,10-11,13-16,21H,4-5,8-9,12,17H2,1-3H3,(H2,30,31,32,36). The van der Waals surface area contributed by atoms with Crippen LogP contribution in [0.4, 0.5) is 10.7 Å². The van der Waals surface area contributed by atoms with Crippen LogP contribution in [-0.4, -0.2) is 56.3 Å². The van der Waals surface area contributed by atoms with Crippen molar-refractivity contribution < 1.29 is 9.53 Å². The molecule has 37 heavy (non-hydrogen) atoms. The highest BCUT2D eigenvalue weighted by molar-refractivity contribution is 5.97. The summed E-state index contributed by atoms with van der Waals surface area (Å²) in [4.78, 5) is 40.0.